The van der Waals surface area contributed by atoms with Gasteiger partial charge in [0.05, 0.1) is 5.69 Å². The van der Waals surface area contributed by atoms with Crippen molar-refractivity contribution in [2.45, 2.75) is 6.92 Å². The number of nitrogens with zero attached hydrogens (tertiary/aromatic N) is 7. The molecule has 10 heteroatoms. The van der Waals surface area contributed by atoms with E-state index in [0.29, 0.717) is 17.3 Å². The topological polar surface area (TPSA) is 103 Å². The van der Waals surface area contributed by atoms with Crippen LogP contribution < -0.4 is 5.32 Å². The fraction of sp³-hybridized carbons (Fsp3) is 0.0435. The maximum absolute atomic E-state index is 14.3. The van der Waals surface area contributed by atoms with Crippen molar-refractivity contribution < 1.29 is 9.18 Å². The van der Waals surface area contributed by atoms with Crippen LogP contribution >= 0.6 is 0 Å². The molecule has 0 radical (unpaired) electrons. The van der Waals surface area contributed by atoms with Crippen LogP contribution in [0.4, 0.5) is 10.1 Å². The molecule has 1 amide bonds. The van der Waals surface area contributed by atoms with Crippen LogP contribution in [0.1, 0.15) is 16.4 Å². The standard InChI is InChI=1S/C23H17FN8O/c1-15-27-29-30-31(15)20-14-17(12-13-19(20)24)25-23(33)21-26-22(16-8-4-2-5-9-16)32(28-21)18-10-6-3-7-11-18/h2-14H,1H3,(H,25,33). The maximum atomic E-state index is 14.3. The molecule has 0 unspecified atom stereocenters. The van der Waals surface area contributed by atoms with E-state index in [-0.39, 0.29) is 11.5 Å². The first kappa shape index (κ1) is 20.2. The summed E-state index contributed by atoms with van der Waals surface area (Å²) in [7, 11) is 0. The molecule has 5 rings (SSSR count). The summed E-state index contributed by atoms with van der Waals surface area (Å²) in [4.78, 5) is 17.5. The third kappa shape index (κ3) is 3.97. The number of benzene rings is 3. The second-order valence-electron chi connectivity index (χ2n) is 7.13. The average Bonchev–Trinajstić information content (AvgIpc) is 3.48. The van der Waals surface area contributed by atoms with Crippen molar-refractivity contribution in [3.8, 4) is 22.8 Å². The largest absolute Gasteiger partial charge is 0.319 e. The van der Waals surface area contributed by atoms with Crippen LogP contribution in [-0.2, 0) is 0 Å². The highest BCUT2D eigenvalue weighted by Crippen LogP contribution is 2.22. The Labute approximate surface area is 187 Å². The SMILES string of the molecule is Cc1nnnn1-c1cc(NC(=O)c2nc(-c3ccccc3)n(-c3ccccc3)n2)ccc1F. The van der Waals surface area contributed by atoms with Gasteiger partial charge in [0.15, 0.2) is 11.6 Å². The first-order chi connectivity index (χ1) is 16.1. The Hall–Kier alpha value is -4.73. The summed E-state index contributed by atoms with van der Waals surface area (Å²) in [6, 6.07) is 23.0. The average molecular weight is 440 g/mol. The Kier molecular flexibility index (Phi) is 5.15. The summed E-state index contributed by atoms with van der Waals surface area (Å²) >= 11 is 0. The molecule has 0 aliphatic heterocycles. The van der Waals surface area contributed by atoms with Crippen molar-refractivity contribution in [1.82, 2.24) is 35.0 Å². The number of nitrogens with one attached hydrogen (secondary N) is 1. The third-order valence-electron chi connectivity index (χ3n) is 4.90. The van der Waals surface area contributed by atoms with E-state index in [2.05, 4.69) is 30.9 Å². The van der Waals surface area contributed by atoms with E-state index in [4.69, 9.17) is 0 Å². The molecule has 0 aliphatic carbocycles. The summed E-state index contributed by atoms with van der Waals surface area (Å²) in [5.41, 5.74) is 2.04. The molecule has 162 valence electrons. The van der Waals surface area contributed by atoms with Gasteiger partial charge in [0.25, 0.3) is 5.91 Å². The molecular weight excluding hydrogens is 423 g/mol. The van der Waals surface area contributed by atoms with Gasteiger partial charge in [-0.3, -0.25) is 4.79 Å². The van der Waals surface area contributed by atoms with Crippen LogP contribution in [0.2, 0.25) is 0 Å². The van der Waals surface area contributed by atoms with Gasteiger partial charge in [-0.05, 0) is 47.7 Å². The molecule has 2 heterocycles. The number of carbonyl (C=O) groups is 1. The third-order valence-corrected chi connectivity index (χ3v) is 4.90. The van der Waals surface area contributed by atoms with Crippen LogP contribution in [0.25, 0.3) is 22.8 Å². The van der Waals surface area contributed by atoms with Crippen molar-refractivity contribution >= 4 is 11.6 Å². The van der Waals surface area contributed by atoms with Crippen LogP contribution in [0.15, 0.2) is 78.9 Å². The van der Waals surface area contributed by atoms with Crippen LogP contribution in [0, 0.1) is 12.7 Å². The summed E-state index contributed by atoms with van der Waals surface area (Å²) in [5.74, 6) is -0.152. The lowest BCUT2D eigenvalue weighted by atomic mass is 10.2. The highest BCUT2D eigenvalue weighted by atomic mass is 19.1. The minimum atomic E-state index is -0.534. The molecule has 2 aromatic heterocycles. The predicted octanol–water partition coefficient (Wildman–Crippen LogP) is 3.61. The fourth-order valence-electron chi connectivity index (χ4n) is 3.33. The number of aryl methyl sites for hydroxylation is 1. The highest BCUT2D eigenvalue weighted by Gasteiger charge is 2.20. The fourth-order valence-corrected chi connectivity index (χ4v) is 3.33. The summed E-state index contributed by atoms with van der Waals surface area (Å²) in [5, 5.41) is 18.2. The number of hydrogen-bond donors (Lipinski definition) is 1. The Bertz CT molecular complexity index is 1370. The monoisotopic (exact) mass is 440 g/mol. The van der Waals surface area contributed by atoms with Crippen molar-refractivity contribution in [3.05, 3.63) is 96.3 Å². The zero-order chi connectivity index (χ0) is 22.8. The van der Waals surface area contributed by atoms with Gasteiger partial charge in [-0.15, -0.1) is 10.2 Å². The normalized spacial score (nSPS) is 10.8. The molecule has 0 atom stereocenters. The molecular formula is C23H17FN8O. The molecule has 3 aromatic carbocycles. The molecule has 0 aliphatic rings. The first-order valence-corrected chi connectivity index (χ1v) is 10.0. The van der Waals surface area contributed by atoms with Gasteiger partial charge in [-0.1, -0.05) is 48.5 Å². The predicted molar refractivity (Wildman–Crippen MR) is 119 cm³/mol. The minimum absolute atomic E-state index is 0.0258. The Morgan fingerprint density at radius 2 is 1.67 bits per heavy atom. The number of tetrazole rings is 1. The summed E-state index contributed by atoms with van der Waals surface area (Å²) in [6.45, 7) is 1.65. The van der Waals surface area contributed by atoms with Gasteiger partial charge in [0.2, 0.25) is 5.82 Å². The molecule has 0 spiro atoms. The Balaban J connectivity index is 1.50. The van der Waals surface area contributed by atoms with E-state index in [9.17, 15) is 9.18 Å². The number of aromatic nitrogens is 7. The van der Waals surface area contributed by atoms with E-state index in [0.717, 1.165) is 11.3 Å². The van der Waals surface area contributed by atoms with Gasteiger partial charge in [0.1, 0.15) is 11.5 Å². The van der Waals surface area contributed by atoms with E-state index >= 15 is 0 Å². The number of amides is 1. The zero-order valence-electron chi connectivity index (χ0n) is 17.4. The zero-order valence-corrected chi connectivity index (χ0v) is 17.4. The number of anilines is 1. The number of para-hydroxylation sites is 1. The molecule has 0 bridgehead atoms. The lowest BCUT2D eigenvalue weighted by Gasteiger charge is -2.07. The summed E-state index contributed by atoms with van der Waals surface area (Å²) < 4.78 is 17.2. The molecule has 9 nitrogen and oxygen atoms in total. The molecule has 0 fully saturated rings. The lowest BCUT2D eigenvalue weighted by molar-refractivity contribution is 0.101. The summed E-state index contributed by atoms with van der Waals surface area (Å²) in [6.07, 6.45) is 0. The minimum Gasteiger partial charge on any atom is -0.319 e. The highest BCUT2D eigenvalue weighted by molar-refractivity contribution is 6.02. The number of halogens is 1. The number of rotatable bonds is 5. The quantitative estimate of drug-likeness (QED) is 0.448. The molecule has 5 aromatic rings. The molecule has 1 N–H and O–H groups in total. The smallest absolute Gasteiger partial charge is 0.295 e. The van der Waals surface area contributed by atoms with E-state index < -0.39 is 11.7 Å². The Morgan fingerprint density at radius 1 is 0.939 bits per heavy atom. The second kappa shape index (κ2) is 8.42. The van der Waals surface area contributed by atoms with Crippen LogP contribution in [0.5, 0.6) is 0 Å². The second-order valence-corrected chi connectivity index (χ2v) is 7.13. The van der Waals surface area contributed by atoms with E-state index in [1.807, 2.05) is 60.7 Å². The van der Waals surface area contributed by atoms with Gasteiger partial charge in [0, 0.05) is 11.3 Å². The lowest BCUT2D eigenvalue weighted by Crippen LogP contribution is -2.15. The molecule has 33 heavy (non-hydrogen) atoms. The van der Waals surface area contributed by atoms with E-state index in [1.54, 1.807) is 11.6 Å². The Morgan fingerprint density at radius 3 is 2.36 bits per heavy atom. The maximum Gasteiger partial charge on any atom is 0.295 e. The van der Waals surface area contributed by atoms with Gasteiger partial charge < -0.3 is 5.32 Å². The van der Waals surface area contributed by atoms with Crippen molar-refractivity contribution in [3.63, 3.8) is 0 Å². The first-order valence-electron chi connectivity index (χ1n) is 10.0. The van der Waals surface area contributed by atoms with Gasteiger partial charge in [-0.25, -0.2) is 14.1 Å². The number of hydrogen-bond acceptors (Lipinski definition) is 6. The van der Waals surface area contributed by atoms with E-state index in [1.165, 1.54) is 22.9 Å². The number of carbonyl (C=O) groups excluding carboxylic acids is 1. The van der Waals surface area contributed by atoms with Crippen molar-refractivity contribution in [2.75, 3.05) is 5.32 Å². The van der Waals surface area contributed by atoms with Gasteiger partial charge in [-0.2, -0.15) is 4.68 Å². The van der Waals surface area contributed by atoms with Crippen molar-refractivity contribution in [1.29, 1.82) is 0 Å². The van der Waals surface area contributed by atoms with Gasteiger partial charge >= 0.3 is 0 Å². The molecule has 0 saturated heterocycles. The van der Waals surface area contributed by atoms with Crippen molar-refractivity contribution in [2.24, 2.45) is 0 Å². The van der Waals surface area contributed by atoms with Crippen LogP contribution in [-0.4, -0.2) is 40.9 Å². The van der Waals surface area contributed by atoms with Crippen LogP contribution in [0.3, 0.4) is 0 Å². The molecule has 0 saturated carbocycles.